The van der Waals surface area contributed by atoms with Crippen LogP contribution >= 0.6 is 0 Å². The molecule has 0 fully saturated rings. The lowest BCUT2D eigenvalue weighted by Crippen LogP contribution is -2.21. The Morgan fingerprint density at radius 3 is 1.90 bits per heavy atom. The van der Waals surface area contributed by atoms with E-state index in [2.05, 4.69) is 0 Å². The van der Waals surface area contributed by atoms with Crippen molar-refractivity contribution in [2.45, 2.75) is 11.7 Å². The molecule has 1 rings (SSSR count). The van der Waals surface area contributed by atoms with E-state index in [1.807, 2.05) is 0 Å². The smallest absolute Gasteiger partial charge is 0.329 e. The summed E-state index contributed by atoms with van der Waals surface area (Å²) in [6.07, 6.45) is -0.0112. The van der Waals surface area contributed by atoms with Gasteiger partial charge in [-0.3, -0.25) is 13.9 Å². The Kier molecular flexibility index (Phi) is 4.86. The number of rotatable bonds is 6. The molecule has 1 unspecified atom stereocenters. The molecule has 0 aliphatic rings. The molecule has 0 aromatic heterocycles. The Labute approximate surface area is 115 Å². The van der Waals surface area contributed by atoms with Crippen LogP contribution in [0.2, 0.25) is 0 Å². The summed E-state index contributed by atoms with van der Waals surface area (Å²) < 4.78 is 60.5. The maximum Gasteiger partial charge on any atom is 0.329 e. The normalized spacial score (nSPS) is 13.9. The molecule has 0 bridgehead atoms. The molecular weight excluding hydrogens is 312 g/mol. The van der Waals surface area contributed by atoms with Crippen LogP contribution in [0, 0.1) is 0 Å². The molecule has 0 spiro atoms. The second-order valence-electron chi connectivity index (χ2n) is 4.01. The second kappa shape index (κ2) is 5.87. The Bertz CT molecular complexity index is 687. The van der Waals surface area contributed by atoms with Crippen LogP contribution in [-0.2, 0) is 31.5 Å². The van der Waals surface area contributed by atoms with Crippen LogP contribution in [0.5, 0.6) is 0 Å². The molecule has 0 heterocycles. The molecule has 0 aliphatic heterocycles. The van der Waals surface area contributed by atoms with E-state index in [1.54, 1.807) is 0 Å². The van der Waals surface area contributed by atoms with Gasteiger partial charge in [0.15, 0.2) is 0 Å². The van der Waals surface area contributed by atoms with Gasteiger partial charge in [-0.1, -0.05) is 24.3 Å². The highest BCUT2D eigenvalue weighted by Gasteiger charge is 2.32. The molecule has 0 saturated carbocycles. The van der Waals surface area contributed by atoms with Gasteiger partial charge >= 0.3 is 5.97 Å². The highest BCUT2D eigenvalue weighted by molar-refractivity contribution is 7.86. The van der Waals surface area contributed by atoms with E-state index in [-0.39, 0.29) is 12.0 Å². The molecule has 1 atom stereocenters. The molecule has 10 heteroatoms. The van der Waals surface area contributed by atoms with Gasteiger partial charge in [0.25, 0.3) is 20.2 Å². The Morgan fingerprint density at radius 2 is 1.55 bits per heavy atom. The zero-order valence-electron chi connectivity index (χ0n) is 10.0. The minimum Gasteiger partial charge on any atom is -0.480 e. The Balaban J connectivity index is 2.98. The predicted molar refractivity (Wildman–Crippen MR) is 68.5 cm³/mol. The van der Waals surface area contributed by atoms with Gasteiger partial charge < -0.3 is 5.11 Å². The number of carboxylic acid groups (broad SMARTS) is 1. The summed E-state index contributed by atoms with van der Waals surface area (Å²) in [5.41, 5.74) is 0.307. The zero-order chi connectivity index (χ0) is 15.6. The van der Waals surface area contributed by atoms with Crippen molar-refractivity contribution < 1.29 is 35.8 Å². The van der Waals surface area contributed by atoms with E-state index in [9.17, 15) is 21.6 Å². The van der Waals surface area contributed by atoms with Crippen molar-refractivity contribution in [2.75, 3.05) is 5.75 Å². The first kappa shape index (κ1) is 16.6. The molecule has 20 heavy (non-hydrogen) atoms. The molecular formula is C10H12O8S2. The molecule has 1 aromatic rings. The van der Waals surface area contributed by atoms with Gasteiger partial charge in [-0.2, -0.15) is 16.8 Å². The van der Waals surface area contributed by atoms with Gasteiger partial charge in [-0.05, 0) is 17.5 Å². The van der Waals surface area contributed by atoms with Crippen molar-refractivity contribution in [1.29, 1.82) is 0 Å². The molecule has 0 saturated heterocycles. The maximum absolute atomic E-state index is 11.0. The minimum atomic E-state index is -4.80. The maximum atomic E-state index is 11.0. The molecule has 8 nitrogen and oxygen atoms in total. The second-order valence-corrected chi connectivity index (χ2v) is 7.08. The highest BCUT2D eigenvalue weighted by Crippen LogP contribution is 2.22. The van der Waals surface area contributed by atoms with E-state index >= 15 is 0 Å². The van der Waals surface area contributed by atoms with Crippen LogP contribution < -0.4 is 0 Å². The van der Waals surface area contributed by atoms with Gasteiger partial charge in [0.2, 0.25) is 5.25 Å². The number of hydrogen-bond acceptors (Lipinski definition) is 5. The van der Waals surface area contributed by atoms with Crippen LogP contribution in [0.15, 0.2) is 24.3 Å². The third-order valence-electron chi connectivity index (χ3n) is 2.45. The zero-order valence-corrected chi connectivity index (χ0v) is 11.6. The predicted octanol–water partition coefficient (Wildman–Crippen LogP) is 0.130. The van der Waals surface area contributed by atoms with E-state index in [4.69, 9.17) is 14.2 Å². The third-order valence-corrected chi connectivity index (χ3v) is 4.24. The van der Waals surface area contributed by atoms with Gasteiger partial charge in [-0.15, -0.1) is 0 Å². The molecule has 1 aromatic carbocycles. The standard InChI is InChI=1S/C10H12O8S2/c11-10(12)9(20(16,17)18)8-3-1-7(2-4-8)5-6-19(13,14)15/h1-4,9H,5-6H2,(H,11,12)(H,13,14,15)(H,16,17,18). The van der Waals surface area contributed by atoms with Crippen molar-refractivity contribution in [3.05, 3.63) is 35.4 Å². The monoisotopic (exact) mass is 324 g/mol. The lowest BCUT2D eigenvalue weighted by Gasteiger charge is -2.10. The molecule has 0 amide bonds. The van der Waals surface area contributed by atoms with Gasteiger partial charge in [0.05, 0.1) is 5.75 Å². The van der Waals surface area contributed by atoms with Crippen molar-refractivity contribution in [1.82, 2.24) is 0 Å². The van der Waals surface area contributed by atoms with Crippen LogP contribution in [0.4, 0.5) is 0 Å². The summed E-state index contributed by atoms with van der Waals surface area (Å²) in [5.74, 6) is -2.23. The summed E-state index contributed by atoms with van der Waals surface area (Å²) >= 11 is 0. The molecule has 0 aliphatic carbocycles. The largest absolute Gasteiger partial charge is 0.480 e. The average molecular weight is 324 g/mol. The summed E-state index contributed by atoms with van der Waals surface area (Å²) in [6.45, 7) is 0. The Hall–Kier alpha value is -1.49. The Morgan fingerprint density at radius 1 is 1.05 bits per heavy atom. The van der Waals surface area contributed by atoms with Crippen LogP contribution in [0.1, 0.15) is 16.4 Å². The average Bonchev–Trinajstić information content (AvgIpc) is 2.24. The minimum absolute atomic E-state index is 0.0112. The SMILES string of the molecule is O=C(O)C(c1ccc(CCS(=O)(=O)O)cc1)S(=O)(=O)O. The number of carboxylic acids is 1. The molecule has 112 valence electrons. The van der Waals surface area contributed by atoms with E-state index < -0.39 is 37.2 Å². The van der Waals surface area contributed by atoms with Crippen molar-refractivity contribution in [3.8, 4) is 0 Å². The van der Waals surface area contributed by atoms with Gasteiger partial charge in [0.1, 0.15) is 0 Å². The first-order valence-corrected chi connectivity index (χ1v) is 8.35. The number of aryl methyl sites for hydroxylation is 1. The summed E-state index contributed by atoms with van der Waals surface area (Å²) in [5, 5.41) is 6.69. The fraction of sp³-hybridized carbons (Fsp3) is 0.300. The van der Waals surface area contributed by atoms with Gasteiger partial charge in [0, 0.05) is 0 Å². The number of carbonyl (C=O) groups is 1. The van der Waals surface area contributed by atoms with E-state index in [0.29, 0.717) is 5.56 Å². The van der Waals surface area contributed by atoms with Crippen molar-refractivity contribution in [2.24, 2.45) is 0 Å². The van der Waals surface area contributed by atoms with E-state index in [0.717, 1.165) is 12.1 Å². The fourth-order valence-electron chi connectivity index (χ4n) is 1.55. The van der Waals surface area contributed by atoms with Crippen LogP contribution in [-0.4, -0.2) is 42.8 Å². The van der Waals surface area contributed by atoms with Gasteiger partial charge in [-0.25, -0.2) is 0 Å². The summed E-state index contributed by atoms with van der Waals surface area (Å²) in [7, 11) is -8.92. The lowest BCUT2D eigenvalue weighted by atomic mass is 10.1. The quantitative estimate of drug-likeness (QED) is 0.626. The van der Waals surface area contributed by atoms with Crippen molar-refractivity contribution >= 4 is 26.2 Å². The highest BCUT2D eigenvalue weighted by atomic mass is 32.2. The van der Waals surface area contributed by atoms with Crippen LogP contribution in [0.25, 0.3) is 0 Å². The number of hydrogen-bond donors (Lipinski definition) is 3. The molecule has 3 N–H and O–H groups in total. The summed E-state index contributed by atoms with van der Waals surface area (Å²) in [4.78, 5) is 10.8. The van der Waals surface area contributed by atoms with Crippen molar-refractivity contribution in [3.63, 3.8) is 0 Å². The topological polar surface area (TPSA) is 146 Å². The summed E-state index contributed by atoms with van der Waals surface area (Å²) in [6, 6.07) is 4.96. The van der Waals surface area contributed by atoms with E-state index in [1.165, 1.54) is 12.1 Å². The lowest BCUT2D eigenvalue weighted by molar-refractivity contribution is -0.136. The first-order chi connectivity index (χ1) is 9.00. The molecule has 0 radical (unpaired) electrons. The third kappa shape index (κ3) is 4.89. The number of benzene rings is 1. The fourth-order valence-corrected chi connectivity index (χ4v) is 2.80. The van der Waals surface area contributed by atoms with Crippen LogP contribution in [0.3, 0.4) is 0 Å². The first-order valence-electron chi connectivity index (χ1n) is 5.24. The number of aliphatic carboxylic acids is 1.